The van der Waals surface area contributed by atoms with E-state index in [1.165, 1.54) is 6.92 Å². The van der Waals surface area contributed by atoms with Gasteiger partial charge in [0.05, 0.1) is 6.61 Å². The SMILES string of the molecule is CCS[C@@H]1OC[C@@H](C)[C@H](C)[C@H]1OC(C)=O. The van der Waals surface area contributed by atoms with Crippen molar-refractivity contribution in [3.63, 3.8) is 0 Å². The van der Waals surface area contributed by atoms with E-state index in [2.05, 4.69) is 20.8 Å². The van der Waals surface area contributed by atoms with E-state index in [1.807, 2.05) is 0 Å². The first-order valence-electron chi connectivity index (χ1n) is 5.46. The van der Waals surface area contributed by atoms with Crippen molar-refractivity contribution >= 4 is 17.7 Å². The van der Waals surface area contributed by atoms with Crippen LogP contribution >= 0.6 is 11.8 Å². The highest BCUT2D eigenvalue weighted by atomic mass is 32.2. The largest absolute Gasteiger partial charge is 0.459 e. The predicted molar refractivity (Wildman–Crippen MR) is 61.8 cm³/mol. The highest BCUT2D eigenvalue weighted by Crippen LogP contribution is 2.33. The third-order valence-corrected chi connectivity index (χ3v) is 3.91. The van der Waals surface area contributed by atoms with Gasteiger partial charge in [0.1, 0.15) is 11.5 Å². The molecule has 0 saturated carbocycles. The average molecular weight is 232 g/mol. The second-order valence-corrected chi connectivity index (χ2v) is 5.44. The van der Waals surface area contributed by atoms with Crippen molar-refractivity contribution in [1.29, 1.82) is 0 Å². The zero-order chi connectivity index (χ0) is 11.4. The molecule has 1 rings (SSSR count). The minimum atomic E-state index is -0.216. The Morgan fingerprint density at radius 1 is 1.53 bits per heavy atom. The van der Waals surface area contributed by atoms with Crippen LogP contribution in [0.15, 0.2) is 0 Å². The van der Waals surface area contributed by atoms with Gasteiger partial charge in [-0.25, -0.2) is 0 Å². The Labute approximate surface area is 95.9 Å². The van der Waals surface area contributed by atoms with E-state index in [0.29, 0.717) is 11.8 Å². The fraction of sp³-hybridized carbons (Fsp3) is 0.909. The monoisotopic (exact) mass is 232 g/mol. The van der Waals surface area contributed by atoms with Gasteiger partial charge in [0.25, 0.3) is 0 Å². The number of ether oxygens (including phenoxy) is 2. The number of carbonyl (C=O) groups is 1. The van der Waals surface area contributed by atoms with Gasteiger partial charge in [0.2, 0.25) is 0 Å². The molecule has 0 aliphatic carbocycles. The molecule has 0 radical (unpaired) electrons. The molecule has 88 valence electrons. The Balaban J connectivity index is 2.65. The molecular weight excluding hydrogens is 212 g/mol. The maximum atomic E-state index is 11.0. The molecule has 0 unspecified atom stereocenters. The summed E-state index contributed by atoms with van der Waals surface area (Å²) in [5, 5.41) is 0. The second kappa shape index (κ2) is 5.75. The number of esters is 1. The quantitative estimate of drug-likeness (QED) is 0.699. The number of hydrogen-bond donors (Lipinski definition) is 0. The first-order valence-corrected chi connectivity index (χ1v) is 6.51. The molecular formula is C11H20O3S. The summed E-state index contributed by atoms with van der Waals surface area (Å²) in [6, 6.07) is 0. The summed E-state index contributed by atoms with van der Waals surface area (Å²) in [7, 11) is 0. The highest BCUT2D eigenvalue weighted by molar-refractivity contribution is 7.99. The topological polar surface area (TPSA) is 35.5 Å². The number of rotatable bonds is 3. The molecule has 0 aromatic heterocycles. The van der Waals surface area contributed by atoms with Crippen LogP contribution in [0, 0.1) is 11.8 Å². The number of hydrogen-bond acceptors (Lipinski definition) is 4. The van der Waals surface area contributed by atoms with Crippen LogP contribution in [0.3, 0.4) is 0 Å². The molecule has 0 bridgehead atoms. The maximum absolute atomic E-state index is 11.0. The maximum Gasteiger partial charge on any atom is 0.303 e. The summed E-state index contributed by atoms with van der Waals surface area (Å²) in [4.78, 5) is 11.0. The normalized spacial score (nSPS) is 36.3. The van der Waals surface area contributed by atoms with E-state index < -0.39 is 0 Å². The van der Waals surface area contributed by atoms with Gasteiger partial charge in [0, 0.05) is 12.8 Å². The van der Waals surface area contributed by atoms with Crippen molar-refractivity contribution in [2.75, 3.05) is 12.4 Å². The van der Waals surface area contributed by atoms with Crippen LogP contribution in [0.1, 0.15) is 27.7 Å². The molecule has 0 N–H and O–H groups in total. The van der Waals surface area contributed by atoms with E-state index in [0.717, 1.165) is 12.4 Å². The molecule has 0 spiro atoms. The molecule has 4 heteroatoms. The molecule has 0 aromatic carbocycles. The summed E-state index contributed by atoms with van der Waals surface area (Å²) in [6.07, 6.45) is -0.101. The minimum Gasteiger partial charge on any atom is -0.459 e. The molecule has 1 heterocycles. The standard InChI is InChI=1S/C11H20O3S/c1-5-15-11-10(14-9(4)12)8(3)7(2)6-13-11/h7-8,10-11H,5-6H2,1-4H3/t7-,8+,10-,11+/m1/s1. The highest BCUT2D eigenvalue weighted by Gasteiger charge is 2.38. The van der Waals surface area contributed by atoms with Crippen LogP contribution in [0.4, 0.5) is 0 Å². The van der Waals surface area contributed by atoms with Crippen LogP contribution in [0.25, 0.3) is 0 Å². The number of thioether (sulfide) groups is 1. The summed E-state index contributed by atoms with van der Waals surface area (Å²) >= 11 is 1.71. The minimum absolute atomic E-state index is 0.00472. The zero-order valence-electron chi connectivity index (χ0n) is 9.86. The summed E-state index contributed by atoms with van der Waals surface area (Å²) in [5.74, 6) is 1.57. The van der Waals surface area contributed by atoms with Crippen molar-refractivity contribution in [2.45, 2.75) is 39.2 Å². The van der Waals surface area contributed by atoms with E-state index in [4.69, 9.17) is 9.47 Å². The molecule has 0 amide bonds. The summed E-state index contributed by atoms with van der Waals surface area (Å²) in [6.45, 7) is 8.57. The fourth-order valence-corrected chi connectivity index (χ4v) is 2.72. The molecule has 1 fully saturated rings. The van der Waals surface area contributed by atoms with Crippen LogP contribution in [0.5, 0.6) is 0 Å². The molecule has 15 heavy (non-hydrogen) atoms. The average Bonchev–Trinajstić information content (AvgIpc) is 2.17. The van der Waals surface area contributed by atoms with Gasteiger partial charge in [-0.1, -0.05) is 20.8 Å². The zero-order valence-corrected chi connectivity index (χ0v) is 10.7. The van der Waals surface area contributed by atoms with Crippen LogP contribution in [0.2, 0.25) is 0 Å². The molecule has 0 aromatic rings. The van der Waals surface area contributed by atoms with Crippen LogP contribution in [-0.4, -0.2) is 29.9 Å². The second-order valence-electron chi connectivity index (χ2n) is 4.07. The van der Waals surface area contributed by atoms with Crippen LogP contribution in [-0.2, 0) is 14.3 Å². The van der Waals surface area contributed by atoms with E-state index in [1.54, 1.807) is 11.8 Å². The predicted octanol–water partition coefficient (Wildman–Crippen LogP) is 2.30. The Morgan fingerprint density at radius 3 is 2.73 bits per heavy atom. The van der Waals surface area contributed by atoms with Gasteiger partial charge >= 0.3 is 5.97 Å². The Hall–Kier alpha value is -0.220. The lowest BCUT2D eigenvalue weighted by molar-refractivity contribution is -0.164. The molecule has 1 saturated heterocycles. The van der Waals surface area contributed by atoms with Crippen molar-refractivity contribution < 1.29 is 14.3 Å². The van der Waals surface area contributed by atoms with Gasteiger partial charge in [-0.2, -0.15) is 0 Å². The third kappa shape index (κ3) is 3.38. The summed E-state index contributed by atoms with van der Waals surface area (Å²) in [5.41, 5.74) is 0.00472. The Kier molecular flexibility index (Phi) is 4.93. The van der Waals surface area contributed by atoms with Gasteiger partial charge in [-0.3, -0.25) is 4.79 Å². The smallest absolute Gasteiger partial charge is 0.303 e. The van der Waals surface area contributed by atoms with Crippen molar-refractivity contribution in [1.82, 2.24) is 0 Å². The Bertz CT molecular complexity index is 220. The molecule has 4 atom stereocenters. The van der Waals surface area contributed by atoms with Crippen molar-refractivity contribution in [3.8, 4) is 0 Å². The first-order chi connectivity index (χ1) is 7.06. The van der Waals surface area contributed by atoms with E-state index >= 15 is 0 Å². The van der Waals surface area contributed by atoms with Gasteiger partial charge < -0.3 is 9.47 Å². The van der Waals surface area contributed by atoms with Crippen molar-refractivity contribution in [3.05, 3.63) is 0 Å². The van der Waals surface area contributed by atoms with Gasteiger partial charge in [-0.15, -0.1) is 11.8 Å². The summed E-state index contributed by atoms with van der Waals surface area (Å²) < 4.78 is 11.1. The van der Waals surface area contributed by atoms with Gasteiger partial charge in [0.15, 0.2) is 0 Å². The first kappa shape index (κ1) is 12.8. The van der Waals surface area contributed by atoms with Gasteiger partial charge in [-0.05, 0) is 11.7 Å². The van der Waals surface area contributed by atoms with E-state index in [-0.39, 0.29) is 17.5 Å². The number of carbonyl (C=O) groups excluding carboxylic acids is 1. The van der Waals surface area contributed by atoms with E-state index in [9.17, 15) is 4.79 Å². The lowest BCUT2D eigenvalue weighted by atomic mass is 9.89. The lowest BCUT2D eigenvalue weighted by Crippen LogP contribution is -2.45. The molecule has 1 aliphatic heterocycles. The molecule has 1 aliphatic rings. The van der Waals surface area contributed by atoms with Crippen molar-refractivity contribution in [2.24, 2.45) is 11.8 Å². The fourth-order valence-electron chi connectivity index (χ4n) is 1.73. The van der Waals surface area contributed by atoms with Crippen LogP contribution < -0.4 is 0 Å². The Morgan fingerprint density at radius 2 is 2.20 bits per heavy atom. The lowest BCUT2D eigenvalue weighted by Gasteiger charge is -2.38. The third-order valence-electron chi connectivity index (χ3n) is 2.84. The molecule has 3 nitrogen and oxygen atoms in total.